The summed E-state index contributed by atoms with van der Waals surface area (Å²) >= 11 is 0. The highest BCUT2D eigenvalue weighted by Gasteiger charge is 2.25. The van der Waals surface area contributed by atoms with Crippen LogP contribution in [0.4, 0.5) is 0 Å². The summed E-state index contributed by atoms with van der Waals surface area (Å²) < 4.78 is 6.22. The number of unbranched alkanes of at least 4 members (excludes halogenated alkanes) is 3. The number of ether oxygens (including phenoxy) is 1. The second-order valence-electron chi connectivity index (χ2n) is 9.16. The Bertz CT molecular complexity index is 452. The van der Waals surface area contributed by atoms with Crippen LogP contribution in [0, 0.1) is 0 Å². The van der Waals surface area contributed by atoms with E-state index in [0.717, 1.165) is 18.8 Å². The van der Waals surface area contributed by atoms with Gasteiger partial charge in [-0.05, 0) is 52.8 Å². The van der Waals surface area contributed by atoms with Crippen molar-refractivity contribution < 1.29 is 4.74 Å². The zero-order valence-electron chi connectivity index (χ0n) is 17.5. The first-order chi connectivity index (χ1) is 11.1. The maximum Gasteiger partial charge on any atom is 0.123 e. The first-order valence-electron chi connectivity index (χ1n) is 9.92. The monoisotopic (exact) mass is 332 g/mol. The fourth-order valence-corrected chi connectivity index (χ4v) is 3.13. The molecule has 1 rings (SSSR count). The van der Waals surface area contributed by atoms with Crippen LogP contribution in [0.3, 0.4) is 0 Å². The fourth-order valence-electron chi connectivity index (χ4n) is 3.13. The molecule has 0 atom stereocenters. The molecule has 0 aromatic heterocycles. The number of benzene rings is 1. The van der Waals surface area contributed by atoms with Crippen molar-refractivity contribution in [3.63, 3.8) is 0 Å². The van der Waals surface area contributed by atoms with Gasteiger partial charge in [0.15, 0.2) is 0 Å². The molecular weight excluding hydrogens is 292 g/mol. The predicted octanol–water partition coefficient (Wildman–Crippen LogP) is 7.19. The summed E-state index contributed by atoms with van der Waals surface area (Å²) in [6, 6.07) is 4.79. The van der Waals surface area contributed by atoms with Crippen LogP contribution in [0.25, 0.3) is 0 Å². The van der Waals surface area contributed by atoms with Crippen molar-refractivity contribution >= 4 is 0 Å². The van der Waals surface area contributed by atoms with Gasteiger partial charge in [-0.25, -0.2) is 0 Å². The number of aryl methyl sites for hydroxylation is 1. The Morgan fingerprint density at radius 2 is 1.33 bits per heavy atom. The molecule has 1 aromatic rings. The normalized spacial score (nSPS) is 12.5. The van der Waals surface area contributed by atoms with Crippen molar-refractivity contribution in [2.24, 2.45) is 0 Å². The van der Waals surface area contributed by atoms with Gasteiger partial charge in [0.25, 0.3) is 0 Å². The third-order valence-electron chi connectivity index (χ3n) is 4.63. The molecule has 0 saturated heterocycles. The van der Waals surface area contributed by atoms with Crippen LogP contribution in [0.5, 0.6) is 5.75 Å². The maximum atomic E-state index is 6.22. The van der Waals surface area contributed by atoms with E-state index in [1.807, 2.05) is 0 Å². The minimum absolute atomic E-state index is 0.109. The fraction of sp³-hybridized carbons (Fsp3) is 0.739. The smallest absolute Gasteiger partial charge is 0.123 e. The summed E-state index contributed by atoms with van der Waals surface area (Å²) in [5.74, 6) is 1.10. The summed E-state index contributed by atoms with van der Waals surface area (Å²) in [6.45, 7) is 19.1. The number of hydrogen-bond donors (Lipinski definition) is 0. The molecule has 0 aliphatic rings. The zero-order chi connectivity index (χ0) is 18.4. The SMILES string of the molecule is CCCCCc1cc(C(C)(C)C)c(OCCCC)cc1C(C)(C)C. The second-order valence-corrected chi connectivity index (χ2v) is 9.16. The van der Waals surface area contributed by atoms with Gasteiger partial charge in [0.2, 0.25) is 0 Å². The van der Waals surface area contributed by atoms with E-state index in [-0.39, 0.29) is 10.8 Å². The van der Waals surface area contributed by atoms with Crippen LogP contribution < -0.4 is 4.74 Å². The molecule has 0 unspecified atom stereocenters. The predicted molar refractivity (Wildman–Crippen MR) is 107 cm³/mol. The Hall–Kier alpha value is -0.980. The van der Waals surface area contributed by atoms with Crippen LogP contribution in [-0.2, 0) is 17.3 Å². The summed E-state index contributed by atoms with van der Waals surface area (Å²) in [4.78, 5) is 0. The van der Waals surface area contributed by atoms with Crippen molar-refractivity contribution in [2.45, 2.75) is 105 Å². The second kappa shape index (κ2) is 8.92. The molecule has 24 heavy (non-hydrogen) atoms. The molecule has 0 aliphatic heterocycles. The van der Waals surface area contributed by atoms with E-state index in [0.29, 0.717) is 0 Å². The first kappa shape index (κ1) is 21.1. The minimum Gasteiger partial charge on any atom is -0.493 e. The van der Waals surface area contributed by atoms with Gasteiger partial charge in [0.1, 0.15) is 5.75 Å². The van der Waals surface area contributed by atoms with Gasteiger partial charge in [-0.2, -0.15) is 0 Å². The maximum absolute atomic E-state index is 6.22. The third kappa shape index (κ3) is 6.15. The lowest BCUT2D eigenvalue weighted by molar-refractivity contribution is 0.300. The van der Waals surface area contributed by atoms with E-state index >= 15 is 0 Å². The van der Waals surface area contributed by atoms with Crippen LogP contribution in [0.15, 0.2) is 12.1 Å². The number of hydrogen-bond acceptors (Lipinski definition) is 1. The molecule has 0 N–H and O–H groups in total. The highest BCUT2D eigenvalue weighted by molar-refractivity contribution is 5.48. The summed E-state index contributed by atoms with van der Waals surface area (Å²) in [5.41, 5.74) is 4.60. The molecule has 0 heterocycles. The Morgan fingerprint density at radius 1 is 0.750 bits per heavy atom. The van der Waals surface area contributed by atoms with Crippen LogP contribution >= 0.6 is 0 Å². The lowest BCUT2D eigenvalue weighted by Gasteiger charge is -2.29. The highest BCUT2D eigenvalue weighted by atomic mass is 16.5. The lowest BCUT2D eigenvalue weighted by Crippen LogP contribution is -2.19. The summed E-state index contributed by atoms with van der Waals surface area (Å²) in [6.07, 6.45) is 7.33. The molecule has 1 nitrogen and oxygen atoms in total. The topological polar surface area (TPSA) is 9.23 Å². The van der Waals surface area contributed by atoms with Gasteiger partial charge in [-0.3, -0.25) is 0 Å². The Morgan fingerprint density at radius 3 is 1.83 bits per heavy atom. The van der Waals surface area contributed by atoms with E-state index in [9.17, 15) is 0 Å². The summed E-state index contributed by atoms with van der Waals surface area (Å²) in [5, 5.41) is 0. The van der Waals surface area contributed by atoms with Crippen LogP contribution in [0.2, 0.25) is 0 Å². The molecule has 0 bridgehead atoms. The molecule has 0 amide bonds. The molecule has 0 spiro atoms. The van der Waals surface area contributed by atoms with E-state index in [1.165, 1.54) is 48.8 Å². The molecule has 0 aliphatic carbocycles. The van der Waals surface area contributed by atoms with Crippen molar-refractivity contribution in [3.05, 3.63) is 28.8 Å². The van der Waals surface area contributed by atoms with E-state index in [1.54, 1.807) is 0 Å². The van der Waals surface area contributed by atoms with Gasteiger partial charge in [0.05, 0.1) is 6.61 Å². The van der Waals surface area contributed by atoms with Crippen LogP contribution in [0.1, 0.15) is 104 Å². The molecular formula is C23H40O. The molecule has 0 fully saturated rings. The van der Waals surface area contributed by atoms with Crippen LogP contribution in [-0.4, -0.2) is 6.61 Å². The standard InChI is InChI=1S/C23H40O/c1-9-11-13-14-18-16-20(23(6,7)8)21(24-15-12-10-2)17-19(18)22(3,4)5/h16-17H,9-15H2,1-8H3. The summed E-state index contributed by atoms with van der Waals surface area (Å²) in [7, 11) is 0. The average Bonchev–Trinajstić information content (AvgIpc) is 2.46. The Kier molecular flexibility index (Phi) is 7.83. The van der Waals surface area contributed by atoms with Crippen molar-refractivity contribution in [3.8, 4) is 5.75 Å². The molecule has 138 valence electrons. The quantitative estimate of drug-likeness (QED) is 0.458. The zero-order valence-corrected chi connectivity index (χ0v) is 17.5. The molecule has 0 saturated carbocycles. The third-order valence-corrected chi connectivity index (χ3v) is 4.63. The van der Waals surface area contributed by atoms with E-state index < -0.39 is 0 Å². The van der Waals surface area contributed by atoms with E-state index in [2.05, 4.69) is 67.5 Å². The van der Waals surface area contributed by atoms with E-state index in [4.69, 9.17) is 4.74 Å². The van der Waals surface area contributed by atoms with Gasteiger partial charge >= 0.3 is 0 Å². The van der Waals surface area contributed by atoms with Gasteiger partial charge < -0.3 is 4.74 Å². The van der Waals surface area contributed by atoms with Crippen molar-refractivity contribution in [1.29, 1.82) is 0 Å². The molecule has 1 aromatic carbocycles. The average molecular weight is 333 g/mol. The lowest BCUT2D eigenvalue weighted by atomic mass is 9.77. The van der Waals surface area contributed by atoms with Crippen molar-refractivity contribution in [2.75, 3.05) is 6.61 Å². The first-order valence-corrected chi connectivity index (χ1v) is 9.92. The van der Waals surface area contributed by atoms with Gasteiger partial charge in [0, 0.05) is 0 Å². The Labute approximate surface area is 151 Å². The highest BCUT2D eigenvalue weighted by Crippen LogP contribution is 2.38. The molecule has 0 radical (unpaired) electrons. The van der Waals surface area contributed by atoms with Gasteiger partial charge in [-0.15, -0.1) is 0 Å². The van der Waals surface area contributed by atoms with Crippen molar-refractivity contribution in [1.82, 2.24) is 0 Å². The van der Waals surface area contributed by atoms with Gasteiger partial charge in [-0.1, -0.05) is 80.7 Å². The largest absolute Gasteiger partial charge is 0.493 e. The minimum atomic E-state index is 0.109. The number of rotatable bonds is 8. The Balaban J connectivity index is 3.31. The molecule has 1 heteroatoms.